The first kappa shape index (κ1) is 39.0. The van der Waals surface area contributed by atoms with Crippen LogP contribution >= 0.6 is 0 Å². The predicted octanol–water partition coefficient (Wildman–Crippen LogP) is 9.18. The number of unbranched alkanes of at least 4 members (excludes halogenated alkanes) is 20. The zero-order valence-electron chi connectivity index (χ0n) is 25.9. The first-order chi connectivity index (χ1) is 18.0. The van der Waals surface area contributed by atoms with Crippen LogP contribution in [-0.4, -0.2) is 35.0 Å². The van der Waals surface area contributed by atoms with Gasteiger partial charge in [-0.1, -0.05) is 168 Å². The highest BCUT2D eigenvalue weighted by Gasteiger charge is 2.22. The molecular formula is C33H72N2O2. The first-order valence-electron chi connectivity index (χ1n) is 16.8. The van der Waals surface area contributed by atoms with Gasteiger partial charge in [0.1, 0.15) is 0 Å². The average molecular weight is 529 g/mol. The molecular weight excluding hydrogens is 456 g/mol. The fraction of sp³-hybridized carbons (Fsp3) is 1.00. The van der Waals surface area contributed by atoms with Gasteiger partial charge >= 0.3 is 0 Å². The standard InChI is InChI=1S/C18H39NO.C15H33NO/c1-3-5-7-8-9-10-11-12-13-14-16-18(19,17-20)15-6-4-2;1-2-3-4-5-6-7-8-9-10-11-12-13-15(16)14-17/h20H,3-17,19H2,1-2H3;15,17H,2-14,16H2,1H3. The summed E-state index contributed by atoms with van der Waals surface area (Å²) in [7, 11) is 0. The summed E-state index contributed by atoms with van der Waals surface area (Å²) in [6.07, 6.45) is 33.8. The molecule has 2 atom stereocenters. The maximum absolute atomic E-state index is 9.43. The van der Waals surface area contributed by atoms with Gasteiger partial charge < -0.3 is 21.7 Å². The second-order valence-corrected chi connectivity index (χ2v) is 11.8. The van der Waals surface area contributed by atoms with E-state index in [0.717, 1.165) is 32.1 Å². The summed E-state index contributed by atoms with van der Waals surface area (Å²) < 4.78 is 0. The van der Waals surface area contributed by atoms with Crippen molar-refractivity contribution in [1.82, 2.24) is 0 Å². The van der Waals surface area contributed by atoms with Gasteiger partial charge in [0.15, 0.2) is 0 Å². The van der Waals surface area contributed by atoms with E-state index in [1.165, 1.54) is 135 Å². The minimum absolute atomic E-state index is 0.00793. The van der Waals surface area contributed by atoms with E-state index in [1.54, 1.807) is 0 Å². The second-order valence-electron chi connectivity index (χ2n) is 11.8. The van der Waals surface area contributed by atoms with Crippen LogP contribution in [0.4, 0.5) is 0 Å². The number of hydrogen-bond donors (Lipinski definition) is 4. The van der Waals surface area contributed by atoms with Gasteiger partial charge in [0.05, 0.1) is 13.2 Å². The molecule has 37 heavy (non-hydrogen) atoms. The summed E-state index contributed by atoms with van der Waals surface area (Å²) in [6.45, 7) is 6.99. The summed E-state index contributed by atoms with van der Waals surface area (Å²) in [5, 5.41) is 18.2. The highest BCUT2D eigenvalue weighted by atomic mass is 16.3. The van der Waals surface area contributed by atoms with Crippen molar-refractivity contribution in [3.05, 3.63) is 0 Å². The second kappa shape index (κ2) is 32.1. The maximum Gasteiger partial charge on any atom is 0.0611 e. The molecule has 0 aromatic rings. The number of rotatable bonds is 28. The van der Waals surface area contributed by atoms with Crippen molar-refractivity contribution in [1.29, 1.82) is 0 Å². The van der Waals surface area contributed by atoms with E-state index >= 15 is 0 Å². The Bertz CT molecular complexity index is 408. The van der Waals surface area contributed by atoms with E-state index < -0.39 is 0 Å². The average Bonchev–Trinajstić information content (AvgIpc) is 2.91. The van der Waals surface area contributed by atoms with Crippen LogP contribution < -0.4 is 11.5 Å². The minimum atomic E-state index is -0.309. The van der Waals surface area contributed by atoms with Gasteiger partial charge in [-0.3, -0.25) is 0 Å². The Balaban J connectivity index is 0. The van der Waals surface area contributed by atoms with Gasteiger partial charge in [-0.25, -0.2) is 0 Å². The quantitative estimate of drug-likeness (QED) is 0.0761. The first-order valence-corrected chi connectivity index (χ1v) is 16.8. The van der Waals surface area contributed by atoms with Crippen molar-refractivity contribution < 1.29 is 10.2 Å². The Morgan fingerprint density at radius 2 is 0.811 bits per heavy atom. The van der Waals surface area contributed by atoms with Crippen molar-refractivity contribution in [3.8, 4) is 0 Å². The number of nitrogens with two attached hydrogens (primary N) is 2. The minimum Gasteiger partial charge on any atom is -0.395 e. The van der Waals surface area contributed by atoms with E-state index in [1.807, 2.05) is 0 Å². The van der Waals surface area contributed by atoms with Crippen LogP contribution in [0.25, 0.3) is 0 Å². The molecule has 0 aliphatic heterocycles. The van der Waals surface area contributed by atoms with Crippen molar-refractivity contribution in [2.45, 2.75) is 199 Å². The molecule has 0 rings (SSSR count). The number of aliphatic hydroxyl groups is 2. The molecule has 0 bridgehead atoms. The molecule has 4 heteroatoms. The van der Waals surface area contributed by atoms with Crippen molar-refractivity contribution in [2.24, 2.45) is 11.5 Å². The van der Waals surface area contributed by atoms with Gasteiger partial charge in [-0.05, 0) is 19.3 Å². The van der Waals surface area contributed by atoms with Crippen LogP contribution in [0.3, 0.4) is 0 Å². The van der Waals surface area contributed by atoms with Gasteiger partial charge in [0.25, 0.3) is 0 Å². The molecule has 0 radical (unpaired) electrons. The van der Waals surface area contributed by atoms with E-state index in [-0.39, 0.29) is 24.8 Å². The SMILES string of the molecule is CCCCCCCCCCCCC(N)(CO)CCCC.CCCCCCCCCCCCCC(N)CO. The molecule has 0 amide bonds. The Hall–Kier alpha value is -0.160. The Kier molecular flexibility index (Phi) is 33.8. The van der Waals surface area contributed by atoms with E-state index in [2.05, 4.69) is 20.8 Å². The number of hydrogen-bond acceptors (Lipinski definition) is 4. The summed E-state index contributed by atoms with van der Waals surface area (Å²) in [6, 6.07) is 0.00793. The lowest BCUT2D eigenvalue weighted by molar-refractivity contribution is 0.172. The lowest BCUT2D eigenvalue weighted by atomic mass is 9.88. The fourth-order valence-electron chi connectivity index (χ4n) is 4.94. The highest BCUT2D eigenvalue weighted by molar-refractivity contribution is 4.82. The smallest absolute Gasteiger partial charge is 0.0611 e. The third-order valence-electron chi connectivity index (χ3n) is 7.78. The van der Waals surface area contributed by atoms with Crippen LogP contribution in [0.15, 0.2) is 0 Å². The molecule has 4 nitrogen and oxygen atoms in total. The fourth-order valence-corrected chi connectivity index (χ4v) is 4.94. The molecule has 0 saturated heterocycles. The molecule has 2 unspecified atom stereocenters. The summed E-state index contributed by atoms with van der Waals surface area (Å²) >= 11 is 0. The molecule has 0 fully saturated rings. The van der Waals surface area contributed by atoms with Crippen LogP contribution in [0.5, 0.6) is 0 Å². The van der Waals surface area contributed by atoms with Crippen LogP contribution in [-0.2, 0) is 0 Å². The molecule has 0 saturated carbocycles. The third-order valence-corrected chi connectivity index (χ3v) is 7.78. The molecule has 0 aliphatic rings. The zero-order chi connectivity index (χ0) is 27.9. The molecule has 6 N–H and O–H groups in total. The van der Waals surface area contributed by atoms with Gasteiger partial charge in [0.2, 0.25) is 0 Å². The molecule has 0 spiro atoms. The highest BCUT2D eigenvalue weighted by Crippen LogP contribution is 2.20. The van der Waals surface area contributed by atoms with E-state index in [4.69, 9.17) is 16.6 Å². The van der Waals surface area contributed by atoms with Gasteiger partial charge in [-0.2, -0.15) is 0 Å². The Labute approximate surface area is 234 Å². The maximum atomic E-state index is 9.43. The van der Waals surface area contributed by atoms with Crippen molar-refractivity contribution >= 4 is 0 Å². The monoisotopic (exact) mass is 529 g/mol. The van der Waals surface area contributed by atoms with E-state index in [0.29, 0.717) is 0 Å². The Morgan fingerprint density at radius 1 is 0.486 bits per heavy atom. The van der Waals surface area contributed by atoms with Crippen LogP contribution in [0, 0.1) is 0 Å². The lowest BCUT2D eigenvalue weighted by Crippen LogP contribution is -2.43. The van der Waals surface area contributed by atoms with Crippen LogP contribution in [0.2, 0.25) is 0 Å². The molecule has 0 aromatic heterocycles. The lowest BCUT2D eigenvalue weighted by Gasteiger charge is -2.27. The largest absolute Gasteiger partial charge is 0.395 e. The normalized spacial score (nSPS) is 13.7. The van der Waals surface area contributed by atoms with Gasteiger partial charge in [0, 0.05) is 11.6 Å². The summed E-state index contributed by atoms with van der Waals surface area (Å²) in [5.41, 5.74) is 11.6. The summed E-state index contributed by atoms with van der Waals surface area (Å²) in [5.74, 6) is 0. The molecule has 0 heterocycles. The predicted molar refractivity (Wildman–Crippen MR) is 166 cm³/mol. The zero-order valence-corrected chi connectivity index (χ0v) is 25.9. The molecule has 0 aliphatic carbocycles. The Morgan fingerprint density at radius 3 is 1.16 bits per heavy atom. The van der Waals surface area contributed by atoms with Crippen LogP contribution in [0.1, 0.15) is 188 Å². The topological polar surface area (TPSA) is 92.5 Å². The molecule has 226 valence electrons. The van der Waals surface area contributed by atoms with Crippen molar-refractivity contribution in [2.75, 3.05) is 13.2 Å². The third kappa shape index (κ3) is 32.0. The summed E-state index contributed by atoms with van der Waals surface area (Å²) in [4.78, 5) is 0. The van der Waals surface area contributed by atoms with Crippen molar-refractivity contribution in [3.63, 3.8) is 0 Å². The number of aliphatic hydroxyl groups excluding tert-OH is 2. The van der Waals surface area contributed by atoms with E-state index in [9.17, 15) is 5.11 Å². The molecule has 0 aromatic carbocycles. The van der Waals surface area contributed by atoms with Gasteiger partial charge in [-0.15, -0.1) is 0 Å².